The van der Waals surface area contributed by atoms with Gasteiger partial charge < -0.3 is 20.1 Å². The SMILES string of the molecule is COCC(O)CN(C)C(=O)Nc1c(C)cc(Br)cc1C. The lowest BCUT2D eigenvalue weighted by atomic mass is 10.1. The molecule has 6 heteroatoms. The summed E-state index contributed by atoms with van der Waals surface area (Å²) in [6.07, 6.45) is -0.692. The predicted octanol–water partition coefficient (Wildman–Crippen LogP) is 2.54. The molecule has 2 N–H and O–H groups in total. The number of likely N-dealkylation sites (N-methyl/N-ethyl adjacent to an activating group) is 1. The van der Waals surface area contributed by atoms with Crippen molar-refractivity contribution in [2.75, 3.05) is 32.6 Å². The van der Waals surface area contributed by atoms with Gasteiger partial charge in [-0.25, -0.2) is 4.79 Å². The number of benzene rings is 1. The van der Waals surface area contributed by atoms with Crippen LogP contribution in [-0.4, -0.2) is 49.5 Å². The summed E-state index contributed by atoms with van der Waals surface area (Å²) in [6, 6.07) is 3.64. The summed E-state index contributed by atoms with van der Waals surface area (Å²) in [5.74, 6) is 0. The highest BCUT2D eigenvalue weighted by molar-refractivity contribution is 9.10. The molecule has 0 fully saturated rings. The largest absolute Gasteiger partial charge is 0.389 e. The number of aliphatic hydroxyl groups is 1. The normalized spacial score (nSPS) is 12.1. The van der Waals surface area contributed by atoms with Gasteiger partial charge >= 0.3 is 6.03 Å². The molecule has 0 saturated carbocycles. The lowest BCUT2D eigenvalue weighted by Crippen LogP contribution is -2.39. The van der Waals surface area contributed by atoms with Crippen LogP contribution in [0.1, 0.15) is 11.1 Å². The van der Waals surface area contributed by atoms with E-state index in [0.717, 1.165) is 21.3 Å². The van der Waals surface area contributed by atoms with Crippen molar-refractivity contribution < 1.29 is 14.6 Å². The first-order chi connectivity index (χ1) is 9.35. The van der Waals surface area contributed by atoms with Crippen LogP contribution in [0.15, 0.2) is 16.6 Å². The van der Waals surface area contributed by atoms with Crippen molar-refractivity contribution in [3.8, 4) is 0 Å². The number of aliphatic hydroxyl groups excluding tert-OH is 1. The third-order valence-corrected chi connectivity index (χ3v) is 3.38. The first-order valence-electron chi connectivity index (χ1n) is 6.31. The summed E-state index contributed by atoms with van der Waals surface area (Å²) in [4.78, 5) is 13.5. The average molecular weight is 345 g/mol. The maximum Gasteiger partial charge on any atom is 0.321 e. The Morgan fingerprint density at radius 2 is 2.00 bits per heavy atom. The van der Waals surface area contributed by atoms with Gasteiger partial charge in [-0.15, -0.1) is 0 Å². The second-order valence-corrected chi connectivity index (χ2v) is 5.75. The molecular formula is C14H21BrN2O3. The number of hydrogen-bond donors (Lipinski definition) is 2. The first kappa shape index (κ1) is 16.9. The number of anilines is 1. The second kappa shape index (κ2) is 7.61. The van der Waals surface area contributed by atoms with Crippen molar-refractivity contribution in [3.63, 3.8) is 0 Å². The van der Waals surface area contributed by atoms with Crippen LogP contribution >= 0.6 is 15.9 Å². The van der Waals surface area contributed by atoms with Gasteiger partial charge in [-0.3, -0.25) is 0 Å². The highest BCUT2D eigenvalue weighted by Gasteiger charge is 2.15. The molecule has 0 spiro atoms. The smallest absolute Gasteiger partial charge is 0.321 e. The molecule has 0 saturated heterocycles. The van der Waals surface area contributed by atoms with E-state index >= 15 is 0 Å². The zero-order valence-corrected chi connectivity index (χ0v) is 13.8. The molecule has 0 bridgehead atoms. The van der Waals surface area contributed by atoms with Gasteiger partial charge in [-0.2, -0.15) is 0 Å². The second-order valence-electron chi connectivity index (χ2n) is 4.83. The first-order valence-corrected chi connectivity index (χ1v) is 7.10. The maximum atomic E-state index is 12.1. The molecule has 1 rings (SSSR count). The third kappa shape index (κ3) is 4.77. The van der Waals surface area contributed by atoms with Crippen molar-refractivity contribution in [1.82, 2.24) is 4.90 Å². The van der Waals surface area contributed by atoms with Crippen LogP contribution in [0.25, 0.3) is 0 Å². The summed E-state index contributed by atoms with van der Waals surface area (Å²) >= 11 is 3.42. The molecule has 112 valence electrons. The Morgan fingerprint density at radius 3 is 2.50 bits per heavy atom. The summed E-state index contributed by atoms with van der Waals surface area (Å²) in [5.41, 5.74) is 2.76. The number of urea groups is 1. The Labute approximate surface area is 128 Å². The highest BCUT2D eigenvalue weighted by atomic mass is 79.9. The number of halogens is 1. The summed E-state index contributed by atoms with van der Waals surface area (Å²) in [6.45, 7) is 4.29. The monoisotopic (exact) mass is 344 g/mol. The van der Waals surface area contributed by atoms with E-state index in [4.69, 9.17) is 4.74 Å². The van der Waals surface area contributed by atoms with Gasteiger partial charge in [0.15, 0.2) is 0 Å². The van der Waals surface area contributed by atoms with Crippen LogP contribution in [0.4, 0.5) is 10.5 Å². The van der Waals surface area contributed by atoms with Crippen molar-refractivity contribution in [3.05, 3.63) is 27.7 Å². The molecule has 1 aromatic carbocycles. The molecule has 20 heavy (non-hydrogen) atoms. The lowest BCUT2D eigenvalue weighted by Gasteiger charge is -2.22. The van der Waals surface area contributed by atoms with E-state index < -0.39 is 6.10 Å². The molecule has 0 radical (unpaired) electrons. The Morgan fingerprint density at radius 1 is 1.45 bits per heavy atom. The molecule has 2 amide bonds. The van der Waals surface area contributed by atoms with Crippen LogP contribution in [0.5, 0.6) is 0 Å². The fraction of sp³-hybridized carbons (Fsp3) is 0.500. The fourth-order valence-electron chi connectivity index (χ4n) is 1.95. The number of carbonyl (C=O) groups is 1. The minimum atomic E-state index is -0.692. The van der Waals surface area contributed by atoms with E-state index in [9.17, 15) is 9.90 Å². The fourth-order valence-corrected chi connectivity index (χ4v) is 2.64. The molecule has 0 aliphatic heterocycles. The molecular weight excluding hydrogens is 324 g/mol. The number of amides is 2. The van der Waals surface area contributed by atoms with Gasteiger partial charge in [-0.05, 0) is 37.1 Å². The van der Waals surface area contributed by atoms with Crippen LogP contribution < -0.4 is 5.32 Å². The van der Waals surface area contributed by atoms with Crippen molar-refractivity contribution in [1.29, 1.82) is 0 Å². The van der Waals surface area contributed by atoms with E-state index in [1.807, 2.05) is 26.0 Å². The summed E-state index contributed by atoms with van der Waals surface area (Å²) in [7, 11) is 3.15. The zero-order valence-electron chi connectivity index (χ0n) is 12.2. The van der Waals surface area contributed by atoms with E-state index in [1.165, 1.54) is 12.0 Å². The number of aryl methyl sites for hydroxylation is 2. The van der Waals surface area contributed by atoms with Crippen LogP contribution in [0, 0.1) is 13.8 Å². The van der Waals surface area contributed by atoms with Crippen LogP contribution in [-0.2, 0) is 4.74 Å². The van der Waals surface area contributed by atoms with Crippen LogP contribution in [0.2, 0.25) is 0 Å². The molecule has 0 aromatic heterocycles. The van der Waals surface area contributed by atoms with Gasteiger partial charge in [0.25, 0.3) is 0 Å². The third-order valence-electron chi connectivity index (χ3n) is 2.92. The zero-order chi connectivity index (χ0) is 15.3. The Kier molecular flexibility index (Phi) is 6.45. The summed E-state index contributed by atoms with van der Waals surface area (Å²) < 4.78 is 5.82. The van der Waals surface area contributed by atoms with Gasteiger partial charge in [0.2, 0.25) is 0 Å². The van der Waals surface area contributed by atoms with Crippen molar-refractivity contribution in [2.24, 2.45) is 0 Å². The van der Waals surface area contributed by atoms with Gasteiger partial charge in [-0.1, -0.05) is 15.9 Å². The van der Waals surface area contributed by atoms with Gasteiger partial charge in [0.05, 0.1) is 19.3 Å². The number of rotatable bonds is 5. The van der Waals surface area contributed by atoms with E-state index in [-0.39, 0.29) is 19.2 Å². The highest BCUT2D eigenvalue weighted by Crippen LogP contribution is 2.25. The number of nitrogens with zero attached hydrogens (tertiary/aromatic N) is 1. The minimum absolute atomic E-state index is 0.202. The van der Waals surface area contributed by atoms with Crippen molar-refractivity contribution >= 4 is 27.6 Å². The van der Waals surface area contributed by atoms with Gasteiger partial charge in [0, 0.05) is 24.3 Å². The number of hydrogen-bond acceptors (Lipinski definition) is 3. The molecule has 0 aliphatic carbocycles. The van der Waals surface area contributed by atoms with Gasteiger partial charge in [0.1, 0.15) is 0 Å². The molecule has 1 atom stereocenters. The molecule has 1 aromatic rings. The number of methoxy groups -OCH3 is 1. The maximum absolute atomic E-state index is 12.1. The Hall–Kier alpha value is -1.11. The van der Waals surface area contributed by atoms with Crippen molar-refractivity contribution in [2.45, 2.75) is 20.0 Å². The van der Waals surface area contributed by atoms with E-state index in [2.05, 4.69) is 21.2 Å². The molecule has 0 heterocycles. The minimum Gasteiger partial charge on any atom is -0.389 e. The molecule has 1 unspecified atom stereocenters. The number of ether oxygens (including phenoxy) is 1. The standard InChI is InChI=1S/C14H21BrN2O3/c1-9-5-11(15)6-10(2)13(9)16-14(19)17(3)7-12(18)8-20-4/h5-6,12,18H,7-8H2,1-4H3,(H,16,19). The summed E-state index contributed by atoms with van der Waals surface area (Å²) in [5, 5.41) is 12.5. The topological polar surface area (TPSA) is 61.8 Å². The number of carbonyl (C=O) groups excluding carboxylic acids is 1. The quantitative estimate of drug-likeness (QED) is 0.862. The predicted molar refractivity (Wildman–Crippen MR) is 83.1 cm³/mol. The lowest BCUT2D eigenvalue weighted by molar-refractivity contribution is 0.0501. The van der Waals surface area contributed by atoms with E-state index in [0.29, 0.717) is 0 Å². The molecule has 5 nitrogen and oxygen atoms in total. The Bertz CT molecular complexity index is 456. The Balaban J connectivity index is 2.71. The van der Waals surface area contributed by atoms with E-state index in [1.54, 1.807) is 7.05 Å². The number of nitrogens with one attached hydrogen (secondary N) is 1. The average Bonchev–Trinajstić information content (AvgIpc) is 2.33. The van der Waals surface area contributed by atoms with Crippen LogP contribution in [0.3, 0.4) is 0 Å². The molecule has 0 aliphatic rings.